The first-order valence-electron chi connectivity index (χ1n) is 17.5. The second-order valence-electron chi connectivity index (χ2n) is 10.3. The zero-order chi connectivity index (χ0) is 36.8. The number of hydrogen-bond donors (Lipinski definition) is 0. The van der Waals surface area contributed by atoms with Crippen LogP contribution in [0.2, 0.25) is 0 Å². The quantitative estimate of drug-likeness (QED) is 0.0540. The molecule has 0 unspecified atom stereocenters. The molecule has 0 aliphatic rings. The van der Waals surface area contributed by atoms with Crippen LogP contribution in [0.15, 0.2) is 35.2 Å². The first-order valence-corrected chi connectivity index (χ1v) is 18.9. The predicted octanol–water partition coefficient (Wildman–Crippen LogP) is 1.92. The average Bonchev–Trinajstić information content (AvgIpc) is 3.13. The number of benzene rings is 1. The van der Waals surface area contributed by atoms with E-state index in [1.807, 2.05) is 6.92 Å². The van der Waals surface area contributed by atoms with Crippen LogP contribution in [0.4, 0.5) is 0 Å². The maximum Gasteiger partial charge on any atom is 0.305 e. The molecule has 17 heteroatoms. The van der Waals surface area contributed by atoms with Crippen LogP contribution < -0.4 is 0 Å². The lowest BCUT2D eigenvalue weighted by atomic mass is 10.3. The molecule has 0 spiro atoms. The largest absolute Gasteiger partial charge is 0.463 e. The molecule has 0 radical (unpaired) electrons. The van der Waals surface area contributed by atoms with Gasteiger partial charge in [0, 0.05) is 6.42 Å². The molecule has 0 saturated heterocycles. The maximum absolute atomic E-state index is 12.0. The summed E-state index contributed by atoms with van der Waals surface area (Å²) < 4.78 is 93.5. The molecule has 0 bridgehead atoms. The molecule has 0 aromatic heterocycles. The molecule has 16 nitrogen and oxygen atoms in total. The Morgan fingerprint density at radius 2 is 0.706 bits per heavy atom. The highest BCUT2D eigenvalue weighted by atomic mass is 32.2. The molecule has 298 valence electrons. The van der Waals surface area contributed by atoms with Crippen molar-refractivity contribution in [2.75, 3.05) is 159 Å². The highest BCUT2D eigenvalue weighted by molar-refractivity contribution is 7.86. The molecule has 0 aliphatic carbocycles. The summed E-state index contributed by atoms with van der Waals surface area (Å²) >= 11 is 0. The van der Waals surface area contributed by atoms with E-state index in [1.54, 1.807) is 18.2 Å². The van der Waals surface area contributed by atoms with Gasteiger partial charge in [-0.25, -0.2) is 0 Å². The number of carbonyl (C=O) groups excluding carboxylic acids is 1. The Morgan fingerprint density at radius 3 is 1.00 bits per heavy atom. The molecule has 51 heavy (non-hydrogen) atoms. The van der Waals surface area contributed by atoms with E-state index < -0.39 is 10.1 Å². The molecule has 1 aromatic rings. The van der Waals surface area contributed by atoms with E-state index >= 15 is 0 Å². The highest BCUT2D eigenvalue weighted by Gasteiger charge is 2.13. The third-order valence-electron chi connectivity index (χ3n) is 6.16. The fourth-order valence-electron chi connectivity index (χ4n) is 3.65. The molecule has 1 aromatic carbocycles. The van der Waals surface area contributed by atoms with E-state index in [-0.39, 0.29) is 30.7 Å². The molecule has 0 heterocycles. The Kier molecular flexibility index (Phi) is 33.8. The summed E-state index contributed by atoms with van der Waals surface area (Å²) in [5.41, 5.74) is 0. The fourth-order valence-corrected chi connectivity index (χ4v) is 4.56. The minimum atomic E-state index is -3.76. The third kappa shape index (κ3) is 32.5. The van der Waals surface area contributed by atoms with Gasteiger partial charge in [-0.2, -0.15) is 8.42 Å². The van der Waals surface area contributed by atoms with Crippen LogP contribution in [-0.4, -0.2) is 173 Å². The Morgan fingerprint density at radius 1 is 0.431 bits per heavy atom. The molecule has 0 atom stereocenters. The van der Waals surface area contributed by atoms with Gasteiger partial charge in [-0.3, -0.25) is 8.98 Å². The van der Waals surface area contributed by atoms with Gasteiger partial charge < -0.3 is 56.8 Å². The number of ether oxygens (including phenoxy) is 12. The summed E-state index contributed by atoms with van der Waals surface area (Å²) in [5.74, 6) is -0.195. The summed E-state index contributed by atoms with van der Waals surface area (Å²) in [5, 5.41) is 0. The number of rotatable bonds is 40. The van der Waals surface area contributed by atoms with Crippen LogP contribution in [0.5, 0.6) is 0 Å². The smallest absolute Gasteiger partial charge is 0.305 e. The van der Waals surface area contributed by atoms with Crippen molar-refractivity contribution in [1.82, 2.24) is 0 Å². The second-order valence-corrected chi connectivity index (χ2v) is 11.9. The number of carbonyl (C=O) groups is 1. The highest BCUT2D eigenvalue weighted by Crippen LogP contribution is 2.10. The van der Waals surface area contributed by atoms with Crippen molar-refractivity contribution < 1.29 is 74.2 Å². The van der Waals surface area contributed by atoms with Crippen molar-refractivity contribution in [2.45, 2.75) is 24.7 Å². The van der Waals surface area contributed by atoms with Gasteiger partial charge in [0.25, 0.3) is 10.1 Å². The monoisotopic (exact) mass is 756 g/mol. The molecule has 0 fully saturated rings. The normalized spacial score (nSPS) is 11.7. The van der Waals surface area contributed by atoms with Crippen molar-refractivity contribution in [2.24, 2.45) is 0 Å². The van der Waals surface area contributed by atoms with Gasteiger partial charge in [0.15, 0.2) is 0 Å². The average molecular weight is 757 g/mol. The Bertz CT molecular complexity index is 986. The van der Waals surface area contributed by atoms with E-state index in [9.17, 15) is 13.2 Å². The zero-order valence-electron chi connectivity index (χ0n) is 30.2. The summed E-state index contributed by atoms with van der Waals surface area (Å²) in [4.78, 5) is 11.3. The van der Waals surface area contributed by atoms with Gasteiger partial charge in [-0.1, -0.05) is 25.1 Å². The third-order valence-corrected chi connectivity index (χ3v) is 7.49. The predicted molar refractivity (Wildman–Crippen MR) is 184 cm³/mol. The number of esters is 1. The minimum absolute atomic E-state index is 0.0631. The first-order chi connectivity index (χ1) is 25.1. The SMILES string of the molecule is CCCC(=O)OCCOCCOCCOCCOCCOCCOCCOCCOCCOCCOCCOCCOS(=O)(=O)c1ccccc1. The molecular formula is C34H60O16S. The van der Waals surface area contributed by atoms with Gasteiger partial charge in [0.2, 0.25) is 0 Å². The lowest BCUT2D eigenvalue weighted by Gasteiger charge is -2.09. The van der Waals surface area contributed by atoms with Crippen molar-refractivity contribution in [3.05, 3.63) is 30.3 Å². The molecule has 1 rings (SSSR count). The molecule has 0 saturated carbocycles. The van der Waals surface area contributed by atoms with Crippen LogP contribution in [0.25, 0.3) is 0 Å². The van der Waals surface area contributed by atoms with E-state index in [1.165, 1.54) is 12.1 Å². The van der Waals surface area contributed by atoms with Crippen molar-refractivity contribution in [1.29, 1.82) is 0 Å². The summed E-state index contributed by atoms with van der Waals surface area (Å²) in [6.45, 7) is 11.7. The van der Waals surface area contributed by atoms with Crippen LogP contribution in [0.1, 0.15) is 19.8 Å². The lowest BCUT2D eigenvalue weighted by Crippen LogP contribution is -2.16. The maximum atomic E-state index is 12.0. The Balaban J connectivity index is 1.65. The van der Waals surface area contributed by atoms with E-state index in [4.69, 9.17) is 61.0 Å². The first kappa shape index (κ1) is 47.2. The van der Waals surface area contributed by atoms with Crippen molar-refractivity contribution in [3.63, 3.8) is 0 Å². The molecule has 0 aliphatic heterocycles. The van der Waals surface area contributed by atoms with Crippen LogP contribution in [0.3, 0.4) is 0 Å². The minimum Gasteiger partial charge on any atom is -0.463 e. The van der Waals surface area contributed by atoms with Crippen molar-refractivity contribution in [3.8, 4) is 0 Å². The standard InChI is InChI=1S/C34H60O16S/c1-2-6-34(35)49-31-29-47-27-25-45-23-21-43-19-17-41-15-13-39-11-9-38-10-12-40-14-16-42-18-20-44-22-24-46-26-28-48-30-32-50-51(36,37)33-7-4-3-5-8-33/h3-5,7-8H,2,6,9-32H2,1H3. The number of hydrogen-bond acceptors (Lipinski definition) is 16. The van der Waals surface area contributed by atoms with E-state index in [0.717, 1.165) is 6.42 Å². The summed E-state index contributed by atoms with van der Waals surface area (Å²) in [6.07, 6.45) is 1.21. The van der Waals surface area contributed by atoms with Gasteiger partial charge >= 0.3 is 5.97 Å². The fraction of sp³-hybridized carbons (Fsp3) is 0.794. The van der Waals surface area contributed by atoms with Crippen LogP contribution in [-0.2, 0) is 75.9 Å². The summed E-state index contributed by atoms with van der Waals surface area (Å²) in [7, 11) is -3.76. The zero-order valence-corrected chi connectivity index (χ0v) is 31.0. The van der Waals surface area contributed by atoms with Gasteiger partial charge in [-0.05, 0) is 18.6 Å². The van der Waals surface area contributed by atoms with Gasteiger partial charge in [0.1, 0.15) is 6.61 Å². The molecular weight excluding hydrogens is 696 g/mol. The molecule has 0 amide bonds. The van der Waals surface area contributed by atoms with E-state index in [2.05, 4.69) is 0 Å². The molecule has 0 N–H and O–H groups in total. The van der Waals surface area contributed by atoms with Crippen molar-refractivity contribution >= 4 is 16.1 Å². The van der Waals surface area contributed by atoms with Gasteiger partial charge in [0.05, 0.1) is 157 Å². The summed E-state index contributed by atoms with van der Waals surface area (Å²) in [6, 6.07) is 7.97. The lowest BCUT2D eigenvalue weighted by molar-refractivity contribution is -0.145. The van der Waals surface area contributed by atoms with E-state index in [0.29, 0.717) is 145 Å². The Labute approximate surface area is 303 Å². The second kappa shape index (κ2) is 36.5. The van der Waals surface area contributed by atoms with Crippen LogP contribution >= 0.6 is 0 Å². The van der Waals surface area contributed by atoms with Crippen LogP contribution in [0, 0.1) is 0 Å². The Hall–Kier alpha value is -1.84. The topological polar surface area (TPSA) is 171 Å². The van der Waals surface area contributed by atoms with Gasteiger partial charge in [-0.15, -0.1) is 0 Å².